The van der Waals surface area contributed by atoms with E-state index in [4.69, 9.17) is 4.74 Å². The molecule has 8 heteroatoms. The van der Waals surface area contributed by atoms with E-state index >= 15 is 0 Å². The summed E-state index contributed by atoms with van der Waals surface area (Å²) >= 11 is 0. The van der Waals surface area contributed by atoms with E-state index in [-0.39, 0.29) is 17.3 Å². The Balaban J connectivity index is 2.21. The Morgan fingerprint density at radius 2 is 1.93 bits per heavy atom. The van der Waals surface area contributed by atoms with E-state index in [1.807, 2.05) is 32.0 Å². The summed E-state index contributed by atoms with van der Waals surface area (Å²) in [6.45, 7) is 10.5. The van der Waals surface area contributed by atoms with Gasteiger partial charge in [0.15, 0.2) is 15.7 Å². The Labute approximate surface area is 177 Å². The smallest absolute Gasteiger partial charge is 0.186 e. The normalized spacial score (nSPS) is 13.4. The third-order valence-electron chi connectivity index (χ3n) is 5.03. The number of rotatable bonds is 6. The van der Waals surface area contributed by atoms with Crippen LogP contribution in [0, 0.1) is 13.8 Å². The number of sulfone groups is 1. The molecule has 0 fully saturated rings. The number of nitrogens with zero attached hydrogens (tertiary/aromatic N) is 1. The van der Waals surface area contributed by atoms with Crippen LogP contribution in [0.1, 0.15) is 39.0 Å². The number of aromatic nitrogens is 2. The summed E-state index contributed by atoms with van der Waals surface area (Å²) in [4.78, 5) is 0.104. The Hall–Kier alpha value is -2.58. The number of anilines is 2. The van der Waals surface area contributed by atoms with Gasteiger partial charge in [-0.15, -0.1) is 0 Å². The first-order valence-corrected chi connectivity index (χ1v) is 11.3. The lowest BCUT2D eigenvalue weighted by atomic mass is 10.1. The van der Waals surface area contributed by atoms with E-state index in [0.29, 0.717) is 5.82 Å². The fraction of sp³-hybridized carbons (Fsp3) is 0.409. The molecule has 30 heavy (non-hydrogen) atoms. The number of hydrogen-bond donors (Lipinski definition) is 3. The lowest BCUT2D eigenvalue weighted by molar-refractivity contribution is 0.121. The highest BCUT2D eigenvalue weighted by Gasteiger charge is 2.34. The first kappa shape index (κ1) is 22.1. The molecule has 0 aliphatic rings. The van der Waals surface area contributed by atoms with Gasteiger partial charge in [0.25, 0.3) is 0 Å². The number of aliphatic hydroxyl groups excluding tert-OH is 1. The number of hydrogen-bond acceptors (Lipinski definition) is 6. The highest BCUT2D eigenvalue weighted by Crippen LogP contribution is 2.38. The number of H-pyrrole nitrogens is 1. The number of nitrogens with one attached hydrogen (secondary N) is 2. The number of aliphatic hydroxyl groups is 1. The summed E-state index contributed by atoms with van der Waals surface area (Å²) in [7, 11) is -3.70. The molecule has 0 unspecified atom stereocenters. The molecular formula is C22H29N3O4S. The molecule has 3 rings (SSSR count). The maximum absolute atomic E-state index is 13.3. The third kappa shape index (κ3) is 4.15. The van der Waals surface area contributed by atoms with Crippen molar-refractivity contribution in [1.82, 2.24) is 10.2 Å². The van der Waals surface area contributed by atoms with E-state index in [1.165, 1.54) is 0 Å². The molecular weight excluding hydrogens is 402 g/mol. The van der Waals surface area contributed by atoms with Crippen LogP contribution < -0.4 is 10.1 Å². The summed E-state index contributed by atoms with van der Waals surface area (Å²) in [6, 6.07) is 9.02. The highest BCUT2D eigenvalue weighted by atomic mass is 32.2. The molecule has 2 aromatic carbocycles. The second kappa shape index (κ2) is 7.92. The monoisotopic (exact) mass is 431 g/mol. The fourth-order valence-electron chi connectivity index (χ4n) is 2.99. The zero-order chi connectivity index (χ0) is 22.3. The summed E-state index contributed by atoms with van der Waals surface area (Å²) in [5, 5.41) is 21.7. The quantitative estimate of drug-likeness (QED) is 0.539. The molecule has 0 saturated carbocycles. The molecule has 0 aliphatic carbocycles. The lowest BCUT2D eigenvalue weighted by Gasteiger charge is -2.23. The minimum atomic E-state index is -3.70. The SMILES string of the molecule is Cc1[nH]nc(Nc2cccc3cc(OC[C@@H](C)O)c(S(=O)(=O)C(C)(C)C)cc23)c1C. The van der Waals surface area contributed by atoms with Crippen molar-refractivity contribution in [2.75, 3.05) is 11.9 Å². The molecule has 0 saturated heterocycles. The number of benzene rings is 2. The molecule has 0 radical (unpaired) electrons. The number of aryl methyl sites for hydroxylation is 1. The molecule has 0 bridgehead atoms. The predicted octanol–water partition coefficient (Wildman–Crippen LogP) is 4.26. The molecule has 1 atom stereocenters. The van der Waals surface area contributed by atoms with E-state index in [9.17, 15) is 13.5 Å². The van der Waals surface area contributed by atoms with Crippen molar-refractivity contribution >= 4 is 32.1 Å². The van der Waals surface area contributed by atoms with Gasteiger partial charge in [0.05, 0.1) is 10.9 Å². The van der Waals surface area contributed by atoms with Crippen molar-refractivity contribution in [3.05, 3.63) is 41.6 Å². The van der Waals surface area contributed by atoms with Crippen molar-refractivity contribution in [3.63, 3.8) is 0 Å². The standard InChI is InChI=1S/C22H29N3O4S/c1-13(26)12-29-19-10-16-8-7-9-18(23-21-14(2)15(3)24-25-21)17(16)11-20(19)30(27,28)22(4,5)6/h7-11,13,26H,12H2,1-6H3,(H2,23,24,25)/t13-/m1/s1. The van der Waals surface area contributed by atoms with Crippen LogP contribution in [-0.2, 0) is 9.84 Å². The van der Waals surface area contributed by atoms with Gasteiger partial charge in [-0.3, -0.25) is 5.10 Å². The minimum absolute atomic E-state index is 0.00184. The van der Waals surface area contributed by atoms with Crippen LogP contribution in [0.4, 0.5) is 11.5 Å². The zero-order valence-electron chi connectivity index (χ0n) is 18.2. The number of aromatic amines is 1. The molecule has 162 valence electrons. The van der Waals surface area contributed by atoms with Crippen molar-refractivity contribution in [3.8, 4) is 5.75 Å². The Kier molecular flexibility index (Phi) is 5.84. The predicted molar refractivity (Wildman–Crippen MR) is 119 cm³/mol. The van der Waals surface area contributed by atoms with Crippen LogP contribution in [-0.4, -0.2) is 41.2 Å². The topological polar surface area (TPSA) is 104 Å². The van der Waals surface area contributed by atoms with E-state index in [0.717, 1.165) is 27.7 Å². The highest BCUT2D eigenvalue weighted by molar-refractivity contribution is 7.92. The summed E-state index contributed by atoms with van der Waals surface area (Å²) in [6.07, 6.45) is -0.718. The van der Waals surface area contributed by atoms with Crippen LogP contribution in [0.15, 0.2) is 35.2 Å². The summed E-state index contributed by atoms with van der Waals surface area (Å²) in [5.74, 6) is 0.928. The van der Waals surface area contributed by atoms with Crippen LogP contribution in [0.25, 0.3) is 10.8 Å². The van der Waals surface area contributed by atoms with Crippen LogP contribution in [0.5, 0.6) is 5.75 Å². The second-order valence-corrected chi connectivity index (χ2v) is 11.2. The molecule has 0 amide bonds. The van der Waals surface area contributed by atoms with Gasteiger partial charge < -0.3 is 15.2 Å². The largest absolute Gasteiger partial charge is 0.490 e. The fourth-order valence-corrected chi connectivity index (χ4v) is 4.31. The van der Waals surface area contributed by atoms with Crippen molar-refractivity contribution < 1.29 is 18.3 Å². The third-order valence-corrected chi connectivity index (χ3v) is 7.54. The molecule has 1 aromatic heterocycles. The van der Waals surface area contributed by atoms with Gasteiger partial charge >= 0.3 is 0 Å². The average Bonchev–Trinajstić information content (AvgIpc) is 2.97. The van der Waals surface area contributed by atoms with Gasteiger partial charge in [0, 0.05) is 22.3 Å². The zero-order valence-corrected chi connectivity index (χ0v) is 19.0. The van der Waals surface area contributed by atoms with Gasteiger partial charge in [-0.05, 0) is 65.1 Å². The van der Waals surface area contributed by atoms with Crippen LogP contribution in [0.3, 0.4) is 0 Å². The number of ether oxygens (including phenoxy) is 1. The second-order valence-electron chi connectivity index (χ2n) is 8.55. The minimum Gasteiger partial charge on any atom is -0.490 e. The van der Waals surface area contributed by atoms with Crippen LogP contribution in [0.2, 0.25) is 0 Å². The van der Waals surface area contributed by atoms with Crippen molar-refractivity contribution in [1.29, 1.82) is 0 Å². The van der Waals surface area contributed by atoms with Crippen molar-refractivity contribution in [2.45, 2.75) is 57.3 Å². The van der Waals surface area contributed by atoms with Gasteiger partial charge in [-0.25, -0.2) is 8.42 Å². The maximum atomic E-state index is 13.3. The first-order valence-electron chi connectivity index (χ1n) is 9.82. The summed E-state index contributed by atoms with van der Waals surface area (Å²) < 4.78 is 31.3. The Morgan fingerprint density at radius 1 is 1.23 bits per heavy atom. The number of fused-ring (bicyclic) bond motifs is 1. The molecule has 3 N–H and O–H groups in total. The first-order chi connectivity index (χ1) is 13.9. The molecule has 0 spiro atoms. The van der Waals surface area contributed by atoms with Crippen molar-refractivity contribution in [2.24, 2.45) is 0 Å². The van der Waals surface area contributed by atoms with Gasteiger partial charge in [0.1, 0.15) is 17.3 Å². The van der Waals surface area contributed by atoms with E-state index in [1.54, 1.807) is 39.8 Å². The molecule has 7 nitrogen and oxygen atoms in total. The maximum Gasteiger partial charge on any atom is 0.186 e. The average molecular weight is 432 g/mol. The van der Waals surface area contributed by atoms with Gasteiger partial charge in [-0.1, -0.05) is 12.1 Å². The Morgan fingerprint density at radius 3 is 2.50 bits per heavy atom. The molecule has 3 aromatic rings. The van der Waals surface area contributed by atoms with Crippen LogP contribution >= 0.6 is 0 Å². The lowest BCUT2D eigenvalue weighted by Crippen LogP contribution is -2.28. The van der Waals surface area contributed by atoms with Gasteiger partial charge in [-0.2, -0.15) is 5.10 Å². The van der Waals surface area contributed by atoms with E-state index in [2.05, 4.69) is 15.5 Å². The molecule has 1 heterocycles. The summed E-state index contributed by atoms with van der Waals surface area (Å²) in [5.41, 5.74) is 2.70. The Bertz CT molecular complexity index is 1180. The van der Waals surface area contributed by atoms with Gasteiger partial charge in [0.2, 0.25) is 0 Å². The van der Waals surface area contributed by atoms with E-state index < -0.39 is 20.7 Å². The molecule has 0 aliphatic heterocycles.